The van der Waals surface area contributed by atoms with Gasteiger partial charge in [-0.25, -0.2) is 0 Å². The predicted molar refractivity (Wildman–Crippen MR) is 94.5 cm³/mol. The van der Waals surface area contributed by atoms with Crippen LogP contribution in [0.15, 0.2) is 42.5 Å². The Morgan fingerprint density at radius 2 is 1.70 bits per heavy atom. The van der Waals surface area contributed by atoms with Crippen molar-refractivity contribution in [3.8, 4) is 11.1 Å². The zero-order valence-corrected chi connectivity index (χ0v) is 14.8. The molecule has 0 spiro atoms. The summed E-state index contributed by atoms with van der Waals surface area (Å²) in [6.45, 7) is 3.35. The van der Waals surface area contributed by atoms with Gasteiger partial charge in [-0.15, -0.1) is 0 Å². The summed E-state index contributed by atoms with van der Waals surface area (Å²) in [5.74, 6) is -1.38. The molecule has 0 fully saturated rings. The molecule has 0 radical (unpaired) electrons. The van der Waals surface area contributed by atoms with E-state index in [4.69, 9.17) is 5.11 Å². The first-order valence-electron chi connectivity index (χ1n) is 8.33. The molecular weight excluding hydrogens is 359 g/mol. The number of carbonyl (C=O) groups is 2. The Hall–Kier alpha value is -2.83. The number of carboxylic acids is 1. The molecule has 2 aromatic carbocycles. The second-order valence-electron chi connectivity index (χ2n) is 7.24. The van der Waals surface area contributed by atoms with Crippen LogP contribution in [0, 0.1) is 0 Å². The number of aliphatic carboxylic acids is 1. The summed E-state index contributed by atoms with van der Waals surface area (Å²) in [6, 6.07) is 10.0. The van der Waals surface area contributed by atoms with Gasteiger partial charge in [0.25, 0.3) is 0 Å². The third-order valence-electron chi connectivity index (χ3n) is 4.75. The molecule has 27 heavy (non-hydrogen) atoms. The molecule has 7 heteroatoms. The quantitative estimate of drug-likeness (QED) is 0.859. The third kappa shape index (κ3) is 3.67. The molecule has 3 rings (SSSR count). The van der Waals surface area contributed by atoms with Crippen LogP contribution in [-0.2, 0) is 21.2 Å². The van der Waals surface area contributed by atoms with Crippen molar-refractivity contribution in [1.82, 2.24) is 0 Å². The molecular formula is C20H18F3NO3. The van der Waals surface area contributed by atoms with Gasteiger partial charge in [-0.3, -0.25) is 9.59 Å². The summed E-state index contributed by atoms with van der Waals surface area (Å²) >= 11 is 0. The summed E-state index contributed by atoms with van der Waals surface area (Å²) in [5, 5.41) is 9.08. The van der Waals surface area contributed by atoms with Gasteiger partial charge in [-0.05, 0) is 41.0 Å². The van der Waals surface area contributed by atoms with Crippen molar-refractivity contribution in [1.29, 1.82) is 0 Å². The van der Waals surface area contributed by atoms with Gasteiger partial charge < -0.3 is 10.0 Å². The third-order valence-corrected chi connectivity index (χ3v) is 4.75. The van der Waals surface area contributed by atoms with Gasteiger partial charge in [0.05, 0.1) is 5.56 Å². The molecule has 0 atom stereocenters. The van der Waals surface area contributed by atoms with E-state index in [1.807, 2.05) is 19.9 Å². The number of rotatable bonds is 3. The molecule has 1 heterocycles. The molecule has 142 valence electrons. The molecule has 1 N–H and O–H groups in total. The summed E-state index contributed by atoms with van der Waals surface area (Å²) in [7, 11) is 0. The molecule has 0 unspecified atom stereocenters. The Balaban J connectivity index is 2.04. The van der Waals surface area contributed by atoms with Crippen LogP contribution in [-0.4, -0.2) is 23.5 Å². The minimum absolute atomic E-state index is 0.156. The van der Waals surface area contributed by atoms with Gasteiger partial charge in [0.15, 0.2) is 0 Å². The number of anilines is 1. The van der Waals surface area contributed by atoms with E-state index in [1.165, 1.54) is 17.0 Å². The number of hydrogen-bond donors (Lipinski definition) is 1. The normalized spacial score (nSPS) is 16.2. The minimum atomic E-state index is -4.39. The van der Waals surface area contributed by atoms with Gasteiger partial charge >= 0.3 is 12.1 Å². The molecule has 2 aromatic rings. The van der Waals surface area contributed by atoms with Crippen molar-refractivity contribution in [3.05, 3.63) is 53.6 Å². The molecule has 0 saturated heterocycles. The Labute approximate surface area is 154 Å². The van der Waals surface area contributed by atoms with Crippen molar-refractivity contribution < 1.29 is 27.9 Å². The number of alkyl halides is 3. The number of nitrogens with zero attached hydrogens (tertiary/aromatic N) is 1. The molecule has 0 bridgehead atoms. The van der Waals surface area contributed by atoms with Gasteiger partial charge in [-0.1, -0.05) is 32.0 Å². The first kappa shape index (κ1) is 18.9. The van der Waals surface area contributed by atoms with Gasteiger partial charge in [0.2, 0.25) is 5.91 Å². The van der Waals surface area contributed by atoms with Crippen LogP contribution in [0.1, 0.15) is 31.4 Å². The highest BCUT2D eigenvalue weighted by atomic mass is 19.4. The van der Waals surface area contributed by atoms with Crippen LogP contribution >= 0.6 is 0 Å². The highest BCUT2D eigenvalue weighted by Gasteiger charge is 2.37. The summed E-state index contributed by atoms with van der Waals surface area (Å²) < 4.78 is 38.2. The lowest BCUT2D eigenvalue weighted by Gasteiger charge is -2.38. The Bertz CT molecular complexity index is 902. The lowest BCUT2D eigenvalue weighted by molar-refractivity contribution is -0.138. The van der Waals surface area contributed by atoms with E-state index >= 15 is 0 Å². The van der Waals surface area contributed by atoms with Gasteiger partial charge in [0, 0.05) is 17.5 Å². The van der Waals surface area contributed by atoms with Crippen molar-refractivity contribution in [2.75, 3.05) is 11.4 Å². The van der Waals surface area contributed by atoms with E-state index in [9.17, 15) is 22.8 Å². The number of hydrogen-bond acceptors (Lipinski definition) is 2. The summed E-state index contributed by atoms with van der Waals surface area (Å²) in [6.07, 6.45) is -4.24. The second kappa shape index (κ2) is 6.40. The maximum Gasteiger partial charge on any atom is 0.416 e. The fourth-order valence-corrected chi connectivity index (χ4v) is 3.36. The van der Waals surface area contributed by atoms with Crippen LogP contribution in [0.3, 0.4) is 0 Å². The summed E-state index contributed by atoms with van der Waals surface area (Å²) in [4.78, 5) is 24.7. The SMILES string of the molecule is CC1(C)CC(=O)N(CC(=O)O)c2ccc(-c3ccc(C(F)(F)F)cc3)cc21. The number of carboxylic acid groups (broad SMARTS) is 1. The highest BCUT2D eigenvalue weighted by molar-refractivity contribution is 6.01. The number of benzene rings is 2. The van der Waals surface area contributed by atoms with Crippen LogP contribution < -0.4 is 4.90 Å². The number of amides is 1. The lowest BCUT2D eigenvalue weighted by atomic mass is 9.76. The molecule has 0 aliphatic carbocycles. The average Bonchev–Trinajstić information content (AvgIpc) is 2.57. The Kier molecular flexibility index (Phi) is 4.49. The first-order chi connectivity index (χ1) is 12.5. The largest absolute Gasteiger partial charge is 0.480 e. The average molecular weight is 377 g/mol. The molecule has 4 nitrogen and oxygen atoms in total. The van der Waals surface area contributed by atoms with Crippen molar-refractivity contribution in [3.63, 3.8) is 0 Å². The van der Waals surface area contributed by atoms with E-state index in [0.29, 0.717) is 16.8 Å². The van der Waals surface area contributed by atoms with Crippen molar-refractivity contribution in [2.24, 2.45) is 0 Å². The van der Waals surface area contributed by atoms with E-state index in [0.717, 1.165) is 17.7 Å². The lowest BCUT2D eigenvalue weighted by Crippen LogP contribution is -2.44. The highest BCUT2D eigenvalue weighted by Crippen LogP contribution is 2.42. The smallest absolute Gasteiger partial charge is 0.416 e. The molecule has 1 aliphatic heterocycles. The minimum Gasteiger partial charge on any atom is -0.480 e. The van der Waals surface area contributed by atoms with E-state index in [2.05, 4.69) is 0 Å². The zero-order chi connectivity index (χ0) is 20.0. The van der Waals surface area contributed by atoms with Gasteiger partial charge in [-0.2, -0.15) is 13.2 Å². The maximum atomic E-state index is 12.7. The maximum absolute atomic E-state index is 12.7. The fourth-order valence-electron chi connectivity index (χ4n) is 3.36. The number of carbonyl (C=O) groups excluding carboxylic acids is 1. The number of fused-ring (bicyclic) bond motifs is 1. The number of halogens is 3. The van der Waals surface area contributed by atoms with Crippen LogP contribution in [0.25, 0.3) is 11.1 Å². The topological polar surface area (TPSA) is 57.6 Å². The summed E-state index contributed by atoms with van der Waals surface area (Å²) in [5.41, 5.74) is 1.41. The standard InChI is InChI=1S/C20H18F3NO3/c1-19(2)10-17(25)24(11-18(26)27)16-8-5-13(9-15(16)19)12-3-6-14(7-4-12)20(21,22)23/h3-9H,10-11H2,1-2H3,(H,26,27). The first-order valence-corrected chi connectivity index (χ1v) is 8.33. The van der Waals surface area contributed by atoms with E-state index < -0.39 is 29.7 Å². The molecule has 0 aromatic heterocycles. The predicted octanol–water partition coefficient (Wildman–Crippen LogP) is 4.47. The Morgan fingerprint density at radius 3 is 2.26 bits per heavy atom. The second-order valence-corrected chi connectivity index (χ2v) is 7.24. The van der Waals surface area contributed by atoms with Gasteiger partial charge in [0.1, 0.15) is 6.54 Å². The molecule has 1 aliphatic rings. The van der Waals surface area contributed by atoms with Crippen LogP contribution in [0.2, 0.25) is 0 Å². The van der Waals surface area contributed by atoms with Crippen molar-refractivity contribution in [2.45, 2.75) is 31.9 Å². The molecule has 0 saturated carbocycles. The monoisotopic (exact) mass is 377 g/mol. The van der Waals surface area contributed by atoms with Crippen LogP contribution in [0.5, 0.6) is 0 Å². The zero-order valence-electron chi connectivity index (χ0n) is 14.8. The molecule has 1 amide bonds. The van der Waals surface area contributed by atoms with E-state index in [1.54, 1.807) is 12.1 Å². The fraction of sp³-hybridized carbons (Fsp3) is 0.300. The Morgan fingerprint density at radius 1 is 1.11 bits per heavy atom. The van der Waals surface area contributed by atoms with Crippen LogP contribution in [0.4, 0.5) is 18.9 Å². The van der Waals surface area contributed by atoms with Crippen molar-refractivity contribution >= 4 is 17.6 Å². The van der Waals surface area contributed by atoms with E-state index in [-0.39, 0.29) is 12.3 Å².